The number of hydrogen-bond acceptors (Lipinski definition) is 6. The van der Waals surface area contributed by atoms with Crippen LogP contribution in [0.15, 0.2) is 22.8 Å². The third kappa shape index (κ3) is 2.98. The Bertz CT molecular complexity index is 841. The fourth-order valence-corrected chi connectivity index (χ4v) is 2.22. The summed E-state index contributed by atoms with van der Waals surface area (Å²) in [6.45, 7) is 6.08. The van der Waals surface area contributed by atoms with E-state index in [0.717, 1.165) is 5.56 Å². The fraction of sp³-hybridized carbons (Fsp3) is 0.286. The third-order valence-corrected chi connectivity index (χ3v) is 3.54. The zero-order valence-electron chi connectivity index (χ0n) is 12.2. The van der Waals surface area contributed by atoms with Crippen LogP contribution in [0.2, 0.25) is 10.0 Å². The second-order valence-electron chi connectivity index (χ2n) is 5.84. The molecule has 1 aromatic carbocycles. The van der Waals surface area contributed by atoms with Gasteiger partial charge in [0.25, 0.3) is 0 Å². The van der Waals surface area contributed by atoms with Gasteiger partial charge < -0.3 is 5.32 Å². The fourth-order valence-electron chi connectivity index (χ4n) is 1.92. The van der Waals surface area contributed by atoms with E-state index in [1.54, 1.807) is 12.1 Å². The lowest BCUT2D eigenvalue weighted by atomic mass is 10.1. The summed E-state index contributed by atoms with van der Waals surface area (Å²) in [5.41, 5.74) is 1.86. The van der Waals surface area contributed by atoms with Gasteiger partial charge in [-0.05, 0) is 43.2 Å². The van der Waals surface area contributed by atoms with Gasteiger partial charge in [0, 0.05) is 11.1 Å². The number of aromatic nitrogens is 4. The number of hydrogen-bond donors (Lipinski definition) is 1. The van der Waals surface area contributed by atoms with Gasteiger partial charge in [-0.15, -0.1) is 0 Å². The number of fused-ring (bicyclic) bond motifs is 1. The van der Waals surface area contributed by atoms with Crippen molar-refractivity contribution in [1.82, 2.24) is 20.3 Å². The first-order chi connectivity index (χ1) is 10.3. The van der Waals surface area contributed by atoms with Gasteiger partial charge in [0.1, 0.15) is 5.69 Å². The Morgan fingerprint density at radius 3 is 2.32 bits per heavy atom. The van der Waals surface area contributed by atoms with E-state index >= 15 is 0 Å². The summed E-state index contributed by atoms with van der Waals surface area (Å²) in [7, 11) is 0. The minimum absolute atomic E-state index is 0.204. The molecule has 0 aliphatic heterocycles. The van der Waals surface area contributed by atoms with Crippen LogP contribution in [0.4, 0.5) is 5.82 Å². The first kappa shape index (κ1) is 15.0. The van der Waals surface area contributed by atoms with Gasteiger partial charge in [-0.25, -0.2) is 14.6 Å². The predicted octanol–water partition coefficient (Wildman–Crippen LogP) is 4.20. The second-order valence-corrected chi connectivity index (χ2v) is 6.65. The van der Waals surface area contributed by atoms with E-state index in [9.17, 15) is 0 Å². The minimum Gasteiger partial charge on any atom is -0.364 e. The first-order valence-corrected chi connectivity index (χ1v) is 7.33. The van der Waals surface area contributed by atoms with Crippen molar-refractivity contribution in [2.45, 2.75) is 26.3 Å². The van der Waals surface area contributed by atoms with E-state index < -0.39 is 0 Å². The quantitative estimate of drug-likeness (QED) is 0.755. The van der Waals surface area contributed by atoms with Crippen LogP contribution in [0.5, 0.6) is 0 Å². The zero-order valence-corrected chi connectivity index (χ0v) is 13.7. The van der Waals surface area contributed by atoms with Crippen LogP contribution < -0.4 is 5.32 Å². The van der Waals surface area contributed by atoms with Crippen molar-refractivity contribution in [1.29, 1.82) is 0 Å². The van der Waals surface area contributed by atoms with Crippen molar-refractivity contribution in [3.8, 4) is 11.3 Å². The highest BCUT2D eigenvalue weighted by atomic mass is 35.5. The van der Waals surface area contributed by atoms with Gasteiger partial charge in [0.2, 0.25) is 11.3 Å². The summed E-state index contributed by atoms with van der Waals surface area (Å²) in [5.74, 6) is 0.578. The number of anilines is 1. The summed E-state index contributed by atoms with van der Waals surface area (Å²) in [4.78, 5) is 8.90. The van der Waals surface area contributed by atoms with Gasteiger partial charge in [-0.3, -0.25) is 0 Å². The molecule has 0 fully saturated rings. The first-order valence-electron chi connectivity index (χ1n) is 6.57. The number of benzene rings is 1. The molecule has 0 spiro atoms. The smallest absolute Gasteiger partial charge is 0.245 e. The van der Waals surface area contributed by atoms with E-state index in [4.69, 9.17) is 23.2 Å². The Morgan fingerprint density at radius 2 is 1.68 bits per heavy atom. The number of nitrogens with one attached hydrogen (secondary N) is 1. The van der Waals surface area contributed by atoms with Gasteiger partial charge in [-0.1, -0.05) is 29.3 Å². The molecule has 2 heterocycles. The van der Waals surface area contributed by atoms with Crippen molar-refractivity contribution in [3.63, 3.8) is 0 Å². The highest BCUT2D eigenvalue weighted by molar-refractivity contribution is 6.42. The van der Waals surface area contributed by atoms with Crippen molar-refractivity contribution in [2.24, 2.45) is 0 Å². The summed E-state index contributed by atoms with van der Waals surface area (Å²) in [6.07, 6.45) is 0. The van der Waals surface area contributed by atoms with E-state index in [1.807, 2.05) is 26.8 Å². The minimum atomic E-state index is -0.204. The molecule has 0 aliphatic carbocycles. The molecule has 2 aromatic heterocycles. The van der Waals surface area contributed by atoms with E-state index in [2.05, 4.69) is 30.2 Å². The van der Waals surface area contributed by atoms with Crippen molar-refractivity contribution in [2.75, 3.05) is 5.32 Å². The summed E-state index contributed by atoms with van der Waals surface area (Å²) >= 11 is 12.1. The molecule has 0 amide bonds. The molecule has 114 valence electrons. The highest BCUT2D eigenvalue weighted by Crippen LogP contribution is 2.32. The van der Waals surface area contributed by atoms with Gasteiger partial charge >= 0.3 is 0 Å². The molecule has 22 heavy (non-hydrogen) atoms. The largest absolute Gasteiger partial charge is 0.364 e. The average Bonchev–Trinajstić information content (AvgIpc) is 2.86. The topological polar surface area (TPSA) is 76.7 Å². The SMILES string of the molecule is CC(C)(C)Nc1nc2nonc2nc1-c1ccc(Cl)c(Cl)c1. The van der Waals surface area contributed by atoms with Crippen molar-refractivity contribution >= 4 is 40.3 Å². The standard InChI is InChI=1S/C14H13Cl2N5O/c1-14(2,3)19-11-10(7-4-5-8(15)9(16)6-7)17-12-13(18-11)21-22-20-12/h4-6H,1-3H3,(H,18,19,21). The summed E-state index contributed by atoms with van der Waals surface area (Å²) in [6, 6.07) is 5.28. The second kappa shape index (κ2) is 5.37. The van der Waals surface area contributed by atoms with Gasteiger partial charge in [0.15, 0.2) is 5.82 Å². The molecule has 0 unspecified atom stereocenters. The van der Waals surface area contributed by atoms with Crippen LogP contribution in [0.1, 0.15) is 20.8 Å². The molecule has 0 atom stereocenters. The molecular formula is C14H13Cl2N5O. The van der Waals surface area contributed by atoms with Crippen molar-refractivity contribution < 1.29 is 4.63 Å². The lowest BCUT2D eigenvalue weighted by molar-refractivity contribution is 0.314. The average molecular weight is 338 g/mol. The molecule has 3 aromatic rings. The van der Waals surface area contributed by atoms with E-state index in [-0.39, 0.29) is 5.54 Å². The molecule has 0 aliphatic rings. The van der Waals surface area contributed by atoms with Gasteiger partial charge in [0.05, 0.1) is 10.0 Å². The molecule has 0 saturated heterocycles. The van der Waals surface area contributed by atoms with E-state index in [0.29, 0.717) is 32.9 Å². The highest BCUT2D eigenvalue weighted by Gasteiger charge is 2.19. The zero-order chi connectivity index (χ0) is 15.9. The molecule has 6 nitrogen and oxygen atoms in total. The molecule has 0 radical (unpaired) electrons. The maximum atomic E-state index is 6.10. The summed E-state index contributed by atoms with van der Waals surface area (Å²) < 4.78 is 4.68. The van der Waals surface area contributed by atoms with Crippen LogP contribution in [-0.2, 0) is 0 Å². The predicted molar refractivity (Wildman–Crippen MR) is 86.2 cm³/mol. The van der Waals surface area contributed by atoms with Crippen LogP contribution in [0.25, 0.3) is 22.6 Å². The third-order valence-electron chi connectivity index (χ3n) is 2.80. The Hall–Kier alpha value is -1.92. The number of rotatable bonds is 2. The lowest BCUT2D eigenvalue weighted by Crippen LogP contribution is -2.27. The molecule has 1 N–H and O–H groups in total. The molecule has 3 rings (SSSR count). The van der Waals surface area contributed by atoms with Crippen molar-refractivity contribution in [3.05, 3.63) is 28.2 Å². The number of halogens is 2. The Labute approximate surface area is 136 Å². The monoisotopic (exact) mass is 337 g/mol. The molecule has 0 saturated carbocycles. The maximum Gasteiger partial charge on any atom is 0.245 e. The normalized spacial score (nSPS) is 11.9. The number of nitrogens with zero attached hydrogens (tertiary/aromatic N) is 4. The van der Waals surface area contributed by atoms with Crippen LogP contribution >= 0.6 is 23.2 Å². The molecule has 0 bridgehead atoms. The van der Waals surface area contributed by atoms with Crippen LogP contribution in [-0.4, -0.2) is 25.8 Å². The maximum absolute atomic E-state index is 6.10. The van der Waals surface area contributed by atoms with Gasteiger partial charge in [-0.2, -0.15) is 0 Å². The molecular weight excluding hydrogens is 325 g/mol. The Morgan fingerprint density at radius 1 is 1.00 bits per heavy atom. The lowest BCUT2D eigenvalue weighted by Gasteiger charge is -2.22. The summed E-state index contributed by atoms with van der Waals surface area (Å²) in [5, 5.41) is 11.7. The Kier molecular flexibility index (Phi) is 3.66. The molecule has 8 heteroatoms. The van der Waals surface area contributed by atoms with Crippen LogP contribution in [0, 0.1) is 0 Å². The Balaban J connectivity index is 2.20. The van der Waals surface area contributed by atoms with Crippen LogP contribution in [0.3, 0.4) is 0 Å². The van der Waals surface area contributed by atoms with E-state index in [1.165, 1.54) is 0 Å².